The number of halogens is 1. The quantitative estimate of drug-likeness (QED) is 0.800. The minimum atomic E-state index is -0.0362. The summed E-state index contributed by atoms with van der Waals surface area (Å²) in [7, 11) is 3.44. The Kier molecular flexibility index (Phi) is 5.72. The summed E-state index contributed by atoms with van der Waals surface area (Å²) < 4.78 is 5.63. The highest BCUT2D eigenvalue weighted by molar-refractivity contribution is 9.10. The van der Waals surface area contributed by atoms with Crippen molar-refractivity contribution in [3.8, 4) is 0 Å². The van der Waals surface area contributed by atoms with Crippen molar-refractivity contribution < 1.29 is 9.53 Å². The summed E-state index contributed by atoms with van der Waals surface area (Å²) in [4.78, 5) is 17.5. The topological polar surface area (TPSA) is 54.5 Å². The van der Waals surface area contributed by atoms with Gasteiger partial charge in [-0.3, -0.25) is 4.79 Å². The third-order valence-corrected chi connectivity index (χ3v) is 3.46. The predicted octanol–water partition coefficient (Wildman–Crippen LogP) is 1.10. The van der Waals surface area contributed by atoms with Crippen molar-refractivity contribution in [2.24, 2.45) is 0 Å². The van der Waals surface area contributed by atoms with Crippen LogP contribution in [0.15, 0.2) is 9.98 Å². The van der Waals surface area contributed by atoms with Gasteiger partial charge in [0.2, 0.25) is 5.91 Å². The minimum absolute atomic E-state index is 0.0362. The molecule has 0 aliphatic rings. The summed E-state index contributed by atoms with van der Waals surface area (Å²) in [6, 6.07) is 0. The Morgan fingerprint density at radius 3 is 3.06 bits per heavy atom. The number of amides is 1. The van der Waals surface area contributed by atoms with E-state index < -0.39 is 0 Å². The summed E-state index contributed by atoms with van der Waals surface area (Å²) >= 11 is 4.76. The molecule has 1 N–H and O–H groups in total. The van der Waals surface area contributed by atoms with E-state index in [9.17, 15) is 4.79 Å². The standard InChI is InChI=1S/C9H14BrN3O2S/c1-13(9-12-7(10)6-16-9)5-8(14)11-3-4-15-2/h6H,3-5H2,1-2H3,(H,11,14). The molecule has 0 radical (unpaired) electrons. The molecule has 90 valence electrons. The first kappa shape index (κ1) is 13.4. The molecule has 16 heavy (non-hydrogen) atoms. The van der Waals surface area contributed by atoms with Crippen molar-refractivity contribution >= 4 is 38.3 Å². The van der Waals surface area contributed by atoms with Crippen LogP contribution in [0.25, 0.3) is 0 Å². The monoisotopic (exact) mass is 307 g/mol. The maximum atomic E-state index is 11.5. The second-order valence-corrected chi connectivity index (χ2v) is 4.80. The Morgan fingerprint density at radius 1 is 1.75 bits per heavy atom. The molecule has 5 nitrogen and oxygen atoms in total. The fourth-order valence-electron chi connectivity index (χ4n) is 1.05. The molecule has 7 heteroatoms. The first-order chi connectivity index (χ1) is 7.63. The lowest BCUT2D eigenvalue weighted by Gasteiger charge is -2.14. The van der Waals surface area contributed by atoms with Crippen molar-refractivity contribution in [1.82, 2.24) is 10.3 Å². The zero-order chi connectivity index (χ0) is 12.0. The van der Waals surface area contributed by atoms with Gasteiger partial charge in [-0.2, -0.15) is 0 Å². The van der Waals surface area contributed by atoms with Crippen LogP contribution < -0.4 is 10.2 Å². The summed E-state index contributed by atoms with van der Waals surface area (Å²) in [6.45, 7) is 1.35. The van der Waals surface area contributed by atoms with Gasteiger partial charge < -0.3 is 15.0 Å². The highest BCUT2D eigenvalue weighted by Gasteiger charge is 2.09. The van der Waals surface area contributed by atoms with Crippen LogP contribution in [0.3, 0.4) is 0 Å². The number of thiazole rings is 1. The molecule has 0 aromatic carbocycles. The number of nitrogens with zero attached hydrogens (tertiary/aromatic N) is 2. The molecular weight excluding hydrogens is 294 g/mol. The van der Waals surface area contributed by atoms with E-state index in [1.165, 1.54) is 11.3 Å². The lowest BCUT2D eigenvalue weighted by atomic mass is 10.5. The fraction of sp³-hybridized carbons (Fsp3) is 0.556. The number of nitrogens with one attached hydrogen (secondary N) is 1. The first-order valence-electron chi connectivity index (χ1n) is 4.71. The predicted molar refractivity (Wildman–Crippen MR) is 68.0 cm³/mol. The number of carbonyl (C=O) groups is 1. The Morgan fingerprint density at radius 2 is 2.50 bits per heavy atom. The van der Waals surface area contributed by atoms with E-state index in [0.717, 1.165) is 9.73 Å². The average Bonchev–Trinajstić information content (AvgIpc) is 2.65. The molecule has 0 saturated heterocycles. The zero-order valence-electron chi connectivity index (χ0n) is 9.20. The van der Waals surface area contributed by atoms with Crippen molar-refractivity contribution in [3.05, 3.63) is 9.98 Å². The Labute approximate surface area is 107 Å². The van der Waals surface area contributed by atoms with E-state index in [1.807, 2.05) is 12.4 Å². The molecule has 0 aliphatic heterocycles. The molecule has 0 fully saturated rings. The number of likely N-dealkylation sites (N-methyl/N-ethyl adjacent to an activating group) is 1. The average molecular weight is 308 g/mol. The molecule has 1 heterocycles. The molecule has 0 atom stereocenters. The Hall–Kier alpha value is -0.660. The van der Waals surface area contributed by atoms with Crippen LogP contribution in [0.2, 0.25) is 0 Å². The lowest BCUT2D eigenvalue weighted by Crippen LogP contribution is -2.36. The van der Waals surface area contributed by atoms with E-state index in [1.54, 1.807) is 12.0 Å². The number of carbonyl (C=O) groups excluding carboxylic acids is 1. The first-order valence-corrected chi connectivity index (χ1v) is 6.38. The van der Waals surface area contributed by atoms with E-state index in [2.05, 4.69) is 26.2 Å². The molecule has 0 bridgehead atoms. The Balaban J connectivity index is 2.33. The molecule has 1 aromatic heterocycles. The summed E-state index contributed by atoms with van der Waals surface area (Å²) in [5.74, 6) is -0.0362. The smallest absolute Gasteiger partial charge is 0.239 e. The summed E-state index contributed by atoms with van der Waals surface area (Å²) in [5, 5.41) is 5.45. The van der Waals surface area contributed by atoms with Crippen LogP contribution >= 0.6 is 27.3 Å². The van der Waals surface area contributed by atoms with Crippen molar-refractivity contribution in [2.45, 2.75) is 0 Å². The second-order valence-electron chi connectivity index (χ2n) is 3.15. The van der Waals surface area contributed by atoms with Crippen LogP contribution in [-0.4, -0.2) is 44.7 Å². The SMILES string of the molecule is COCCNC(=O)CN(C)c1nc(Br)cs1. The molecule has 0 spiro atoms. The molecule has 0 aliphatic carbocycles. The van der Waals surface area contributed by atoms with Crippen molar-refractivity contribution in [1.29, 1.82) is 0 Å². The van der Waals surface area contributed by atoms with Gasteiger partial charge in [0, 0.05) is 26.1 Å². The third kappa shape index (κ3) is 4.46. The molecule has 1 amide bonds. The second kappa shape index (κ2) is 6.82. The largest absolute Gasteiger partial charge is 0.383 e. The number of rotatable bonds is 6. The number of anilines is 1. The molecule has 1 rings (SSSR count). The molecule has 0 saturated carbocycles. The third-order valence-electron chi connectivity index (χ3n) is 1.80. The van der Waals surface area contributed by atoms with Crippen LogP contribution in [0.5, 0.6) is 0 Å². The van der Waals surface area contributed by atoms with E-state index in [4.69, 9.17) is 4.74 Å². The van der Waals surface area contributed by atoms with Gasteiger partial charge in [-0.25, -0.2) is 4.98 Å². The summed E-state index contributed by atoms with van der Waals surface area (Å²) in [5.41, 5.74) is 0. The van der Waals surface area contributed by atoms with Crippen LogP contribution in [-0.2, 0) is 9.53 Å². The van der Waals surface area contributed by atoms with E-state index in [-0.39, 0.29) is 5.91 Å². The van der Waals surface area contributed by atoms with E-state index in [0.29, 0.717) is 19.7 Å². The summed E-state index contributed by atoms with van der Waals surface area (Å²) in [6.07, 6.45) is 0. The van der Waals surface area contributed by atoms with Gasteiger partial charge in [-0.05, 0) is 15.9 Å². The van der Waals surface area contributed by atoms with Gasteiger partial charge in [0.25, 0.3) is 0 Å². The number of hydrogen-bond acceptors (Lipinski definition) is 5. The maximum absolute atomic E-state index is 11.5. The van der Waals surface area contributed by atoms with Crippen LogP contribution in [0.4, 0.5) is 5.13 Å². The highest BCUT2D eigenvalue weighted by Crippen LogP contribution is 2.22. The minimum Gasteiger partial charge on any atom is -0.383 e. The van der Waals surface area contributed by atoms with Gasteiger partial charge in [0.05, 0.1) is 13.2 Å². The molecular formula is C9H14BrN3O2S. The number of methoxy groups -OCH3 is 1. The molecule has 1 aromatic rings. The Bertz CT molecular complexity index is 345. The number of aromatic nitrogens is 1. The van der Waals surface area contributed by atoms with Crippen molar-refractivity contribution in [2.75, 3.05) is 38.8 Å². The van der Waals surface area contributed by atoms with Gasteiger partial charge in [-0.1, -0.05) is 0 Å². The van der Waals surface area contributed by atoms with Gasteiger partial charge in [0.15, 0.2) is 5.13 Å². The molecule has 0 unspecified atom stereocenters. The maximum Gasteiger partial charge on any atom is 0.239 e. The zero-order valence-corrected chi connectivity index (χ0v) is 11.6. The van der Waals surface area contributed by atoms with Gasteiger partial charge in [-0.15, -0.1) is 11.3 Å². The van der Waals surface area contributed by atoms with Crippen molar-refractivity contribution in [3.63, 3.8) is 0 Å². The highest BCUT2D eigenvalue weighted by atomic mass is 79.9. The van der Waals surface area contributed by atoms with E-state index >= 15 is 0 Å². The normalized spacial score (nSPS) is 10.2. The van der Waals surface area contributed by atoms with Crippen LogP contribution in [0, 0.1) is 0 Å². The van der Waals surface area contributed by atoms with Gasteiger partial charge >= 0.3 is 0 Å². The lowest BCUT2D eigenvalue weighted by molar-refractivity contribution is -0.119. The van der Waals surface area contributed by atoms with Crippen LogP contribution in [0.1, 0.15) is 0 Å². The number of ether oxygens (including phenoxy) is 1. The van der Waals surface area contributed by atoms with Gasteiger partial charge in [0.1, 0.15) is 4.60 Å². The fourth-order valence-corrected chi connectivity index (χ4v) is 2.27. The number of hydrogen-bond donors (Lipinski definition) is 1.